The predicted octanol–water partition coefficient (Wildman–Crippen LogP) is 3.89. The number of hydrogen-bond donors (Lipinski definition) is 2. The molecule has 25 heavy (non-hydrogen) atoms. The molecule has 0 fully saturated rings. The van der Waals surface area contributed by atoms with E-state index in [2.05, 4.69) is 58.0 Å². The Morgan fingerprint density at radius 2 is 1.88 bits per heavy atom. The first-order chi connectivity index (χ1) is 12.2. The highest BCUT2D eigenvalue weighted by molar-refractivity contribution is 7.10. The van der Waals surface area contributed by atoms with E-state index in [1.807, 2.05) is 12.1 Å². The van der Waals surface area contributed by atoms with Gasteiger partial charge in [-0.1, -0.05) is 29.8 Å². The van der Waals surface area contributed by atoms with Crippen LogP contribution in [0.25, 0.3) is 11.3 Å². The second-order valence-electron chi connectivity index (χ2n) is 5.79. The Bertz CT molecular complexity index is 848. The lowest BCUT2D eigenvalue weighted by atomic mass is 10.1. The van der Waals surface area contributed by atoms with Gasteiger partial charge in [0.2, 0.25) is 5.89 Å². The van der Waals surface area contributed by atoms with E-state index in [-0.39, 0.29) is 0 Å². The fourth-order valence-electron chi connectivity index (χ4n) is 2.37. The van der Waals surface area contributed by atoms with Crippen LogP contribution in [-0.2, 0) is 13.1 Å². The summed E-state index contributed by atoms with van der Waals surface area (Å²) < 4.78 is 5.82. The lowest BCUT2D eigenvalue weighted by Gasteiger charge is -2.10. The third kappa shape index (κ3) is 4.48. The summed E-state index contributed by atoms with van der Waals surface area (Å²) in [5.74, 6) is 2.13. The minimum absolute atomic E-state index is 0.481. The van der Waals surface area contributed by atoms with Crippen LogP contribution in [-0.4, -0.2) is 18.0 Å². The molecule has 0 saturated heterocycles. The zero-order valence-corrected chi connectivity index (χ0v) is 15.5. The number of nitrogens with zero attached hydrogens (tertiary/aromatic N) is 2. The van der Waals surface area contributed by atoms with E-state index in [4.69, 9.17) is 4.42 Å². The smallest absolute Gasteiger partial charge is 0.214 e. The number of guanidine groups is 1. The van der Waals surface area contributed by atoms with Crippen molar-refractivity contribution >= 4 is 17.3 Å². The molecule has 0 unspecified atom stereocenters. The summed E-state index contributed by atoms with van der Waals surface area (Å²) in [6.07, 6.45) is 1.76. The van der Waals surface area contributed by atoms with Gasteiger partial charge in [0.15, 0.2) is 11.7 Å². The van der Waals surface area contributed by atoms with Crippen LogP contribution in [0.5, 0.6) is 0 Å². The van der Waals surface area contributed by atoms with Crippen molar-refractivity contribution in [2.45, 2.75) is 26.9 Å². The molecule has 0 bridgehead atoms. The summed E-state index contributed by atoms with van der Waals surface area (Å²) in [4.78, 5) is 9.88. The fourth-order valence-corrected chi connectivity index (χ4v) is 3.22. The van der Waals surface area contributed by atoms with E-state index in [0.29, 0.717) is 12.4 Å². The topological polar surface area (TPSA) is 62.5 Å². The Labute approximate surface area is 151 Å². The molecule has 3 aromatic rings. The van der Waals surface area contributed by atoms with Crippen molar-refractivity contribution in [3.05, 3.63) is 63.8 Å². The molecule has 6 heteroatoms. The van der Waals surface area contributed by atoms with E-state index in [0.717, 1.165) is 23.8 Å². The minimum Gasteiger partial charge on any atom is -0.439 e. The van der Waals surface area contributed by atoms with Gasteiger partial charge >= 0.3 is 0 Å². The van der Waals surface area contributed by atoms with Gasteiger partial charge in [0.1, 0.15) is 0 Å². The van der Waals surface area contributed by atoms with E-state index >= 15 is 0 Å². The summed E-state index contributed by atoms with van der Waals surface area (Å²) in [6, 6.07) is 10.3. The number of hydrogen-bond acceptors (Lipinski definition) is 4. The van der Waals surface area contributed by atoms with Crippen LogP contribution in [0.15, 0.2) is 51.3 Å². The number of rotatable bonds is 5. The number of nitrogens with one attached hydrogen (secondary N) is 2. The van der Waals surface area contributed by atoms with Gasteiger partial charge in [0, 0.05) is 17.5 Å². The van der Waals surface area contributed by atoms with Gasteiger partial charge in [-0.25, -0.2) is 4.98 Å². The third-order valence-corrected chi connectivity index (χ3v) is 4.93. The summed E-state index contributed by atoms with van der Waals surface area (Å²) in [6.45, 7) is 5.41. The monoisotopic (exact) mass is 354 g/mol. The predicted molar refractivity (Wildman–Crippen MR) is 103 cm³/mol. The molecule has 5 nitrogen and oxygen atoms in total. The number of benzene rings is 1. The first kappa shape index (κ1) is 17.2. The third-order valence-electron chi connectivity index (χ3n) is 3.90. The van der Waals surface area contributed by atoms with Crippen molar-refractivity contribution < 1.29 is 4.42 Å². The van der Waals surface area contributed by atoms with Gasteiger partial charge in [-0.2, -0.15) is 0 Å². The van der Waals surface area contributed by atoms with Crippen LogP contribution in [0.1, 0.15) is 21.9 Å². The van der Waals surface area contributed by atoms with E-state index in [9.17, 15) is 0 Å². The van der Waals surface area contributed by atoms with Crippen molar-refractivity contribution in [2.75, 3.05) is 7.05 Å². The maximum atomic E-state index is 5.82. The van der Waals surface area contributed by atoms with Gasteiger partial charge < -0.3 is 15.1 Å². The average Bonchev–Trinajstić information content (AvgIpc) is 3.25. The molecule has 2 N–H and O–H groups in total. The zero-order valence-electron chi connectivity index (χ0n) is 14.7. The van der Waals surface area contributed by atoms with Crippen molar-refractivity contribution in [1.82, 2.24) is 15.6 Å². The Morgan fingerprint density at radius 1 is 1.12 bits per heavy atom. The molecule has 0 aliphatic rings. The molecular formula is C19H22N4OS. The van der Waals surface area contributed by atoms with E-state index in [1.165, 1.54) is 16.0 Å². The quantitative estimate of drug-likeness (QED) is 0.539. The maximum Gasteiger partial charge on any atom is 0.214 e. The van der Waals surface area contributed by atoms with Crippen LogP contribution in [0, 0.1) is 13.8 Å². The second-order valence-corrected chi connectivity index (χ2v) is 6.79. The average molecular weight is 354 g/mol. The molecular weight excluding hydrogens is 332 g/mol. The van der Waals surface area contributed by atoms with Crippen molar-refractivity contribution in [3.63, 3.8) is 0 Å². The summed E-state index contributed by atoms with van der Waals surface area (Å²) in [5.41, 5.74) is 3.55. The first-order valence-corrected chi connectivity index (χ1v) is 9.03. The molecule has 0 saturated carbocycles. The molecule has 3 rings (SSSR count). The Balaban J connectivity index is 1.55. The highest BCUT2D eigenvalue weighted by atomic mass is 32.1. The van der Waals surface area contributed by atoms with Gasteiger partial charge in [-0.15, -0.1) is 11.3 Å². The van der Waals surface area contributed by atoms with Gasteiger partial charge in [-0.05, 0) is 30.9 Å². The number of aromatic nitrogens is 1. The number of aliphatic imine (C=N–C) groups is 1. The van der Waals surface area contributed by atoms with Crippen LogP contribution in [0.2, 0.25) is 0 Å². The van der Waals surface area contributed by atoms with Gasteiger partial charge in [-0.3, -0.25) is 4.99 Å². The number of aryl methyl sites for hydroxylation is 2. The molecule has 0 radical (unpaired) electrons. The number of thiophene rings is 1. The SMILES string of the molecule is CN=C(NCc1ncc(-c2ccc(C)cc2)o1)NCc1sccc1C. The van der Waals surface area contributed by atoms with E-state index < -0.39 is 0 Å². The lowest BCUT2D eigenvalue weighted by molar-refractivity contribution is 0.497. The molecule has 2 aromatic heterocycles. The molecule has 1 aromatic carbocycles. The van der Waals surface area contributed by atoms with Crippen molar-refractivity contribution in [1.29, 1.82) is 0 Å². The normalized spacial score (nSPS) is 11.6. The largest absolute Gasteiger partial charge is 0.439 e. The molecule has 0 atom stereocenters. The molecule has 2 heterocycles. The standard InChI is InChI=1S/C19H22N4OS/c1-13-4-6-15(7-5-13)16-10-21-18(24-16)12-23-19(20-3)22-11-17-14(2)8-9-25-17/h4-10H,11-12H2,1-3H3,(H2,20,22,23). The molecule has 0 aliphatic carbocycles. The second kappa shape index (κ2) is 7.98. The first-order valence-electron chi connectivity index (χ1n) is 8.15. The summed E-state index contributed by atoms with van der Waals surface area (Å²) >= 11 is 1.74. The minimum atomic E-state index is 0.481. The number of oxazole rings is 1. The lowest BCUT2D eigenvalue weighted by Crippen LogP contribution is -2.36. The Kier molecular flexibility index (Phi) is 5.50. The zero-order chi connectivity index (χ0) is 17.6. The van der Waals surface area contributed by atoms with Crippen LogP contribution < -0.4 is 10.6 Å². The summed E-state index contributed by atoms with van der Waals surface area (Å²) in [5, 5.41) is 8.64. The Morgan fingerprint density at radius 3 is 2.56 bits per heavy atom. The van der Waals surface area contributed by atoms with Crippen molar-refractivity contribution in [2.24, 2.45) is 4.99 Å². The molecule has 0 aliphatic heterocycles. The maximum absolute atomic E-state index is 5.82. The van der Waals surface area contributed by atoms with Gasteiger partial charge in [0.25, 0.3) is 0 Å². The van der Waals surface area contributed by atoms with Crippen molar-refractivity contribution in [3.8, 4) is 11.3 Å². The molecule has 0 spiro atoms. The highest BCUT2D eigenvalue weighted by Crippen LogP contribution is 2.20. The van der Waals surface area contributed by atoms with Crippen LogP contribution >= 0.6 is 11.3 Å². The van der Waals surface area contributed by atoms with E-state index in [1.54, 1.807) is 24.6 Å². The van der Waals surface area contributed by atoms with Gasteiger partial charge in [0.05, 0.1) is 19.3 Å². The summed E-state index contributed by atoms with van der Waals surface area (Å²) in [7, 11) is 1.75. The Hall–Kier alpha value is -2.60. The van der Waals surface area contributed by atoms with Crippen LogP contribution in [0.3, 0.4) is 0 Å². The highest BCUT2D eigenvalue weighted by Gasteiger charge is 2.08. The molecule has 130 valence electrons. The van der Waals surface area contributed by atoms with Crippen LogP contribution in [0.4, 0.5) is 0 Å². The fraction of sp³-hybridized carbons (Fsp3) is 0.263. The molecule has 0 amide bonds.